The second-order valence-corrected chi connectivity index (χ2v) is 6.18. The Balaban J connectivity index is -0.000000465. The Labute approximate surface area is 211 Å². The molecule has 35 heavy (non-hydrogen) atoms. The van der Waals surface area contributed by atoms with Crippen LogP contribution in [0.3, 0.4) is 0 Å². The number of aliphatic hydroxyl groups excluding tert-OH is 1. The van der Waals surface area contributed by atoms with Gasteiger partial charge in [0.2, 0.25) is 0 Å². The molecule has 13 heteroatoms. The number of aromatic carboxylic acids is 1. The molecule has 0 spiro atoms. The molecule has 0 aliphatic rings. The van der Waals surface area contributed by atoms with Crippen LogP contribution in [0, 0.1) is 29.2 Å². The van der Waals surface area contributed by atoms with Crippen molar-refractivity contribution in [2.24, 2.45) is 0 Å². The molecule has 6 N–H and O–H groups in total. The fourth-order valence-electron chi connectivity index (χ4n) is 2.45. The van der Waals surface area contributed by atoms with Crippen molar-refractivity contribution < 1.29 is 48.1 Å². The van der Waals surface area contributed by atoms with E-state index in [0.717, 1.165) is 33.2 Å². The van der Waals surface area contributed by atoms with Crippen molar-refractivity contribution in [1.82, 2.24) is 15.0 Å². The molecule has 3 aromatic heterocycles. The summed E-state index contributed by atoms with van der Waals surface area (Å²) in [6, 6.07) is 15.4. The first-order valence-corrected chi connectivity index (χ1v) is 9.37. The standard InChI is InChI=1S/C14H12N2.C6H5NO2.C2H6O.Mn.NO3.2H2O/c1-9-3-5-11-7-8-12-6-4-10(2)16-14(12)13(11)15-9;8-6(9)5-2-1-3-7-4-5;1-2-3;;2-1(3)4;;/h3-8H,1-2H3;1-4H,(H,8,9);3H,2H2,1H3;;;2*1H2/q;;;+2;-1;;. The number of nitrogens with zero attached hydrogens (tertiary/aromatic N) is 4. The maximum absolute atomic E-state index is 10.0. The summed E-state index contributed by atoms with van der Waals surface area (Å²) >= 11 is 0. The number of hydrogen-bond acceptors (Lipinski definition) is 9. The normalized spacial score (nSPS) is 8.57. The number of aryl methyl sites for hydroxylation is 2. The van der Waals surface area contributed by atoms with E-state index in [4.69, 9.17) is 20.4 Å². The summed E-state index contributed by atoms with van der Waals surface area (Å²) in [5.74, 6) is -1.19. The van der Waals surface area contributed by atoms with Crippen LogP contribution in [0.4, 0.5) is 0 Å². The molecule has 12 nitrogen and oxygen atoms in total. The minimum atomic E-state index is -1.75. The molecule has 0 aliphatic heterocycles. The van der Waals surface area contributed by atoms with Crippen LogP contribution in [0.25, 0.3) is 21.8 Å². The molecule has 0 fully saturated rings. The molecule has 0 saturated heterocycles. The zero-order valence-corrected chi connectivity index (χ0v) is 20.4. The maximum atomic E-state index is 10.0. The molecule has 1 aromatic carbocycles. The van der Waals surface area contributed by atoms with E-state index in [1.807, 2.05) is 26.0 Å². The molecule has 4 rings (SSSR count). The molecule has 3 heterocycles. The average molecular weight is 530 g/mol. The monoisotopic (exact) mass is 530 g/mol. The molecule has 0 atom stereocenters. The quantitative estimate of drug-likeness (QED) is 0.121. The van der Waals surface area contributed by atoms with Crippen molar-refractivity contribution >= 4 is 27.8 Å². The van der Waals surface area contributed by atoms with Crippen LogP contribution in [0.5, 0.6) is 0 Å². The Kier molecular flexibility index (Phi) is 19.1. The molecule has 0 saturated carbocycles. The first-order valence-electron chi connectivity index (χ1n) is 9.37. The van der Waals surface area contributed by atoms with Crippen molar-refractivity contribution in [1.29, 1.82) is 0 Å². The van der Waals surface area contributed by atoms with Gasteiger partial charge in [0.05, 0.1) is 22.1 Å². The van der Waals surface area contributed by atoms with E-state index in [9.17, 15) is 9.90 Å². The summed E-state index contributed by atoms with van der Waals surface area (Å²) in [4.78, 5) is 31.0. The second-order valence-electron chi connectivity index (χ2n) is 6.18. The number of pyridine rings is 3. The van der Waals surface area contributed by atoms with Crippen LogP contribution in [-0.4, -0.2) is 43.2 Å². The van der Waals surface area contributed by atoms with E-state index in [1.165, 1.54) is 18.5 Å². The van der Waals surface area contributed by atoms with Gasteiger partial charge in [0, 0.05) is 46.7 Å². The molecular weight excluding hydrogens is 503 g/mol. The fourth-order valence-corrected chi connectivity index (χ4v) is 2.45. The van der Waals surface area contributed by atoms with Crippen LogP contribution in [0.1, 0.15) is 28.7 Å². The van der Waals surface area contributed by atoms with Gasteiger partial charge in [0.25, 0.3) is 0 Å². The van der Waals surface area contributed by atoms with Gasteiger partial charge in [-0.25, -0.2) is 0 Å². The number of carboxylic acid groups (broad SMARTS) is 1. The van der Waals surface area contributed by atoms with Gasteiger partial charge >= 0.3 is 17.1 Å². The number of hydrogen-bond donors (Lipinski definition) is 1. The van der Waals surface area contributed by atoms with E-state index in [-0.39, 0.29) is 40.2 Å². The fraction of sp³-hybridized carbons (Fsp3) is 0.182. The van der Waals surface area contributed by atoms with Gasteiger partial charge in [-0.1, -0.05) is 30.3 Å². The number of carbonyl (C=O) groups is 1. The summed E-state index contributed by atoms with van der Waals surface area (Å²) in [5.41, 5.74) is 4.17. The third-order valence-corrected chi connectivity index (χ3v) is 3.70. The predicted molar refractivity (Wildman–Crippen MR) is 127 cm³/mol. The minimum absolute atomic E-state index is 0. The Morgan fingerprint density at radius 3 is 1.60 bits per heavy atom. The summed E-state index contributed by atoms with van der Waals surface area (Å²) in [6.07, 6.45) is 2.75. The van der Waals surface area contributed by atoms with Crippen molar-refractivity contribution in [3.05, 3.63) is 93.2 Å². The number of carbonyl (C=O) groups excluding carboxylic acids is 1. The molecule has 0 bridgehead atoms. The smallest absolute Gasteiger partial charge is 0.545 e. The summed E-state index contributed by atoms with van der Waals surface area (Å²) < 4.78 is 0. The number of aromatic nitrogens is 3. The molecule has 1 radical (unpaired) electrons. The first-order chi connectivity index (χ1) is 15.2. The van der Waals surface area contributed by atoms with Gasteiger partial charge in [-0.05, 0) is 39.0 Å². The van der Waals surface area contributed by atoms with Crippen molar-refractivity contribution in [3.8, 4) is 0 Å². The summed E-state index contributed by atoms with van der Waals surface area (Å²) in [6.45, 7) is 5.95. The number of carboxylic acids is 1. The van der Waals surface area contributed by atoms with E-state index >= 15 is 0 Å². The van der Waals surface area contributed by atoms with Gasteiger partial charge in [-0.3, -0.25) is 15.0 Å². The van der Waals surface area contributed by atoms with Crippen molar-refractivity contribution in [3.63, 3.8) is 0 Å². The molecule has 0 amide bonds. The van der Waals surface area contributed by atoms with Gasteiger partial charge < -0.3 is 41.3 Å². The van der Waals surface area contributed by atoms with Gasteiger partial charge in [0.1, 0.15) is 0 Å². The average Bonchev–Trinajstić information content (AvgIpc) is 2.75. The van der Waals surface area contributed by atoms with E-state index < -0.39 is 11.1 Å². The third-order valence-electron chi connectivity index (χ3n) is 3.70. The molecule has 0 unspecified atom stereocenters. The number of benzene rings is 1. The second kappa shape index (κ2) is 18.7. The zero-order valence-electron chi connectivity index (χ0n) is 19.2. The topological polar surface area (TPSA) is 230 Å². The number of fused-ring (bicyclic) bond motifs is 3. The minimum Gasteiger partial charge on any atom is -0.545 e. The Morgan fingerprint density at radius 2 is 1.31 bits per heavy atom. The van der Waals surface area contributed by atoms with Crippen molar-refractivity contribution in [2.75, 3.05) is 6.61 Å². The van der Waals surface area contributed by atoms with Crippen molar-refractivity contribution in [2.45, 2.75) is 20.8 Å². The van der Waals surface area contributed by atoms with Crippen LogP contribution in [0.2, 0.25) is 0 Å². The Morgan fingerprint density at radius 1 is 0.943 bits per heavy atom. The number of rotatable bonds is 1. The summed E-state index contributed by atoms with van der Waals surface area (Å²) in [7, 11) is 0. The summed E-state index contributed by atoms with van der Waals surface area (Å²) in [5, 5.41) is 34.7. The first kappa shape index (κ1) is 35.8. The Bertz CT molecular complexity index is 1120. The molecule has 0 aliphatic carbocycles. The zero-order chi connectivity index (χ0) is 24.1. The Hall–Kier alpha value is -3.74. The van der Waals surface area contributed by atoms with Crippen LogP contribution in [-0.2, 0) is 22.5 Å². The maximum Gasteiger partial charge on any atom is 2.00 e. The molecule has 189 valence electrons. The third kappa shape index (κ3) is 12.9. The van der Waals surface area contributed by atoms with Crippen LogP contribution in [0.15, 0.2) is 60.9 Å². The van der Waals surface area contributed by atoms with E-state index in [2.05, 4.69) is 39.2 Å². The molecule has 4 aromatic rings. The van der Waals surface area contributed by atoms with E-state index in [1.54, 1.807) is 13.0 Å². The van der Waals surface area contributed by atoms with E-state index in [0.29, 0.717) is 0 Å². The van der Waals surface area contributed by atoms with Crippen LogP contribution >= 0.6 is 0 Å². The van der Waals surface area contributed by atoms with Crippen LogP contribution < -0.4 is 5.11 Å². The van der Waals surface area contributed by atoms with Gasteiger partial charge in [-0.2, -0.15) is 0 Å². The molecular formula is C22H27MnN4O8+. The van der Waals surface area contributed by atoms with Gasteiger partial charge in [-0.15, -0.1) is 0 Å². The van der Waals surface area contributed by atoms with Gasteiger partial charge in [0.15, 0.2) is 0 Å². The SMILES string of the molecule is CCO.Cc1ccc2ccc3ccc(C)nc3c2n1.O.O=C([O-])c1cccnc1.O=[N+]([O-])[O-].[Mn+2].[OH3+]. The largest absolute Gasteiger partial charge is 2.00 e. The predicted octanol–water partition coefficient (Wildman–Crippen LogP) is 0.855. The number of aliphatic hydroxyl groups is 1.